The van der Waals surface area contributed by atoms with Gasteiger partial charge in [0.25, 0.3) is 5.91 Å². The summed E-state index contributed by atoms with van der Waals surface area (Å²) in [7, 11) is 1.56. The van der Waals surface area contributed by atoms with E-state index in [1.54, 1.807) is 46.0 Å². The standard InChI is InChI=1S/C14H20N2O3/c1-9-6-7-10(12(17)15-5)8-11(9)16-13(18)19-14(2,3)4/h6-8H,1-5H3,(H,15,17)(H,16,18). The lowest BCUT2D eigenvalue weighted by Crippen LogP contribution is -2.27. The molecule has 0 aromatic heterocycles. The minimum atomic E-state index is -0.559. The molecule has 0 aliphatic rings. The van der Waals surface area contributed by atoms with Crippen LogP contribution >= 0.6 is 0 Å². The van der Waals surface area contributed by atoms with Crippen LogP contribution in [0.4, 0.5) is 10.5 Å². The smallest absolute Gasteiger partial charge is 0.412 e. The number of rotatable bonds is 2. The number of nitrogens with one attached hydrogen (secondary N) is 2. The Morgan fingerprint density at radius 1 is 1.21 bits per heavy atom. The maximum Gasteiger partial charge on any atom is 0.412 e. The van der Waals surface area contributed by atoms with Crippen LogP contribution in [0.2, 0.25) is 0 Å². The Morgan fingerprint density at radius 3 is 2.37 bits per heavy atom. The normalized spacial score (nSPS) is 10.8. The van der Waals surface area contributed by atoms with Gasteiger partial charge in [-0.1, -0.05) is 6.07 Å². The molecule has 1 rings (SSSR count). The Bertz CT molecular complexity index is 490. The zero-order chi connectivity index (χ0) is 14.6. The number of carbonyl (C=O) groups excluding carboxylic acids is 2. The van der Waals surface area contributed by atoms with Crippen LogP contribution in [0.25, 0.3) is 0 Å². The molecule has 2 N–H and O–H groups in total. The molecule has 1 aromatic carbocycles. The van der Waals surface area contributed by atoms with E-state index < -0.39 is 11.7 Å². The van der Waals surface area contributed by atoms with E-state index in [2.05, 4.69) is 10.6 Å². The largest absolute Gasteiger partial charge is 0.444 e. The van der Waals surface area contributed by atoms with Crippen molar-refractivity contribution in [3.63, 3.8) is 0 Å². The van der Waals surface area contributed by atoms with Gasteiger partial charge in [0.15, 0.2) is 0 Å². The lowest BCUT2D eigenvalue weighted by molar-refractivity contribution is 0.0635. The van der Waals surface area contributed by atoms with Crippen LogP contribution in [0.1, 0.15) is 36.7 Å². The number of aryl methyl sites for hydroxylation is 1. The van der Waals surface area contributed by atoms with Crippen LogP contribution in [0, 0.1) is 6.92 Å². The van der Waals surface area contributed by atoms with Crippen molar-refractivity contribution in [3.05, 3.63) is 29.3 Å². The van der Waals surface area contributed by atoms with Gasteiger partial charge >= 0.3 is 6.09 Å². The predicted molar refractivity (Wildman–Crippen MR) is 74.4 cm³/mol. The molecule has 1 aromatic rings. The fraction of sp³-hybridized carbons (Fsp3) is 0.429. The molecule has 5 heteroatoms. The maximum atomic E-state index is 11.7. The van der Waals surface area contributed by atoms with Gasteiger partial charge in [-0.05, 0) is 45.4 Å². The van der Waals surface area contributed by atoms with E-state index in [0.29, 0.717) is 11.3 Å². The molecular formula is C14H20N2O3. The number of carbonyl (C=O) groups is 2. The summed E-state index contributed by atoms with van der Waals surface area (Å²) in [5.41, 5.74) is 1.35. The van der Waals surface area contributed by atoms with E-state index in [-0.39, 0.29) is 5.91 Å². The average molecular weight is 264 g/mol. The highest BCUT2D eigenvalue weighted by Crippen LogP contribution is 2.18. The van der Waals surface area contributed by atoms with Crippen molar-refractivity contribution >= 4 is 17.7 Å². The van der Waals surface area contributed by atoms with E-state index in [9.17, 15) is 9.59 Å². The van der Waals surface area contributed by atoms with Gasteiger partial charge < -0.3 is 10.1 Å². The maximum absolute atomic E-state index is 11.7. The Labute approximate surface area is 113 Å². The summed E-state index contributed by atoms with van der Waals surface area (Å²) >= 11 is 0. The number of amides is 2. The Morgan fingerprint density at radius 2 is 1.84 bits per heavy atom. The van der Waals surface area contributed by atoms with Crippen LogP contribution in [-0.4, -0.2) is 24.6 Å². The molecule has 0 aliphatic carbocycles. The van der Waals surface area contributed by atoms with Gasteiger partial charge in [-0.2, -0.15) is 0 Å². The molecule has 0 aliphatic heterocycles. The van der Waals surface area contributed by atoms with Crippen molar-refractivity contribution in [2.24, 2.45) is 0 Å². The highest BCUT2D eigenvalue weighted by molar-refractivity contribution is 5.96. The second kappa shape index (κ2) is 5.73. The first-order valence-electron chi connectivity index (χ1n) is 6.05. The van der Waals surface area contributed by atoms with Gasteiger partial charge in [-0.25, -0.2) is 4.79 Å². The topological polar surface area (TPSA) is 67.4 Å². The number of hydrogen-bond donors (Lipinski definition) is 2. The van der Waals surface area contributed by atoms with Crippen LogP contribution in [0.15, 0.2) is 18.2 Å². The molecule has 0 unspecified atom stereocenters. The second-order valence-electron chi connectivity index (χ2n) is 5.24. The molecule has 0 heterocycles. The molecule has 19 heavy (non-hydrogen) atoms. The molecule has 5 nitrogen and oxygen atoms in total. The molecule has 0 bridgehead atoms. The minimum absolute atomic E-state index is 0.202. The van der Waals surface area contributed by atoms with Gasteiger partial charge in [0.2, 0.25) is 0 Å². The zero-order valence-corrected chi connectivity index (χ0v) is 12.0. The molecule has 0 spiro atoms. The van der Waals surface area contributed by atoms with Gasteiger partial charge in [0, 0.05) is 18.3 Å². The third-order valence-electron chi connectivity index (χ3n) is 2.36. The van der Waals surface area contributed by atoms with E-state index in [1.807, 2.05) is 6.92 Å². The summed E-state index contributed by atoms with van der Waals surface area (Å²) in [5.74, 6) is -0.202. The third-order valence-corrected chi connectivity index (χ3v) is 2.36. The average Bonchev–Trinajstić information content (AvgIpc) is 2.28. The summed E-state index contributed by atoms with van der Waals surface area (Å²) in [6.07, 6.45) is -0.537. The van der Waals surface area contributed by atoms with Crippen molar-refractivity contribution in [2.75, 3.05) is 12.4 Å². The van der Waals surface area contributed by atoms with E-state index in [1.165, 1.54) is 0 Å². The quantitative estimate of drug-likeness (QED) is 0.863. The lowest BCUT2D eigenvalue weighted by Gasteiger charge is -2.20. The highest BCUT2D eigenvalue weighted by atomic mass is 16.6. The summed E-state index contributed by atoms with van der Waals surface area (Å²) in [6.45, 7) is 7.22. The molecule has 0 saturated carbocycles. The van der Waals surface area contributed by atoms with Crippen LogP contribution in [0.5, 0.6) is 0 Å². The predicted octanol–water partition coefficient (Wildman–Crippen LogP) is 2.70. The van der Waals surface area contributed by atoms with Gasteiger partial charge in [-0.15, -0.1) is 0 Å². The minimum Gasteiger partial charge on any atom is -0.444 e. The number of ether oxygens (including phenoxy) is 1. The molecule has 0 atom stereocenters. The van der Waals surface area contributed by atoms with Crippen molar-refractivity contribution in [1.82, 2.24) is 5.32 Å². The van der Waals surface area contributed by atoms with Crippen LogP contribution in [-0.2, 0) is 4.74 Å². The fourth-order valence-corrected chi connectivity index (χ4v) is 1.46. The number of benzene rings is 1. The first-order valence-corrected chi connectivity index (χ1v) is 6.05. The summed E-state index contributed by atoms with van der Waals surface area (Å²) in [4.78, 5) is 23.2. The molecular weight excluding hydrogens is 244 g/mol. The fourth-order valence-electron chi connectivity index (χ4n) is 1.46. The summed E-state index contributed by atoms with van der Waals surface area (Å²) in [5, 5.41) is 5.18. The van der Waals surface area contributed by atoms with Crippen LogP contribution < -0.4 is 10.6 Å². The van der Waals surface area contributed by atoms with E-state index in [4.69, 9.17) is 4.74 Å². The van der Waals surface area contributed by atoms with Crippen LogP contribution in [0.3, 0.4) is 0 Å². The van der Waals surface area contributed by atoms with Crippen molar-refractivity contribution in [2.45, 2.75) is 33.3 Å². The van der Waals surface area contributed by atoms with Gasteiger partial charge in [0.1, 0.15) is 5.60 Å². The Hall–Kier alpha value is -2.04. The van der Waals surface area contributed by atoms with Crippen molar-refractivity contribution < 1.29 is 14.3 Å². The lowest BCUT2D eigenvalue weighted by atomic mass is 10.1. The molecule has 0 fully saturated rings. The van der Waals surface area contributed by atoms with E-state index >= 15 is 0 Å². The summed E-state index contributed by atoms with van der Waals surface area (Å²) in [6, 6.07) is 5.10. The molecule has 104 valence electrons. The second-order valence-corrected chi connectivity index (χ2v) is 5.24. The van der Waals surface area contributed by atoms with E-state index in [0.717, 1.165) is 5.56 Å². The Balaban J connectivity index is 2.88. The highest BCUT2D eigenvalue weighted by Gasteiger charge is 2.17. The van der Waals surface area contributed by atoms with Crippen molar-refractivity contribution in [1.29, 1.82) is 0 Å². The third kappa shape index (κ3) is 4.62. The van der Waals surface area contributed by atoms with Crippen molar-refractivity contribution in [3.8, 4) is 0 Å². The SMILES string of the molecule is CNC(=O)c1ccc(C)c(NC(=O)OC(C)(C)C)c1. The Kier molecular flexibility index (Phi) is 4.53. The molecule has 0 radical (unpaired) electrons. The molecule has 2 amide bonds. The first kappa shape index (κ1) is 15.0. The first-order chi connectivity index (χ1) is 8.73. The zero-order valence-electron chi connectivity index (χ0n) is 12.0. The van der Waals surface area contributed by atoms with Gasteiger partial charge in [-0.3, -0.25) is 10.1 Å². The monoisotopic (exact) mass is 264 g/mol. The molecule has 0 saturated heterocycles. The summed E-state index contributed by atoms with van der Waals surface area (Å²) < 4.78 is 5.17. The number of anilines is 1. The van der Waals surface area contributed by atoms with Gasteiger partial charge in [0.05, 0.1) is 0 Å². The number of hydrogen-bond acceptors (Lipinski definition) is 3.